The van der Waals surface area contributed by atoms with Crippen LogP contribution in [0.1, 0.15) is 29.5 Å². The van der Waals surface area contributed by atoms with Crippen LogP contribution in [-0.4, -0.2) is 42.8 Å². The standard InChI is InChI=1S/C29H32N2O7/c1-36-28(34)24(31-29(35)38-20-23-10-6-3-7-11-23)13-15-27(33)30-17-16-21-12-14-25(32)26(18-21)37-19-22-8-4-2-5-9-22/h2-12,14,18,24,32H,13,15-17,19-20H2,1H3,(H,30,33)(H,31,35)/t24-/m0/s1. The zero-order chi connectivity index (χ0) is 27.2. The van der Waals surface area contributed by atoms with E-state index in [0.717, 1.165) is 16.7 Å². The maximum absolute atomic E-state index is 12.4. The summed E-state index contributed by atoms with van der Waals surface area (Å²) < 4.78 is 15.6. The topological polar surface area (TPSA) is 123 Å². The van der Waals surface area contributed by atoms with Gasteiger partial charge < -0.3 is 30.0 Å². The number of methoxy groups -OCH3 is 1. The third-order valence-electron chi connectivity index (χ3n) is 5.65. The van der Waals surface area contributed by atoms with Crippen molar-refractivity contribution in [3.05, 3.63) is 95.6 Å². The number of phenols is 1. The average molecular weight is 521 g/mol. The van der Waals surface area contributed by atoms with Gasteiger partial charge in [0.25, 0.3) is 0 Å². The number of esters is 1. The Hall–Kier alpha value is -4.53. The van der Waals surface area contributed by atoms with Gasteiger partial charge in [-0.15, -0.1) is 0 Å². The Morgan fingerprint density at radius 1 is 0.868 bits per heavy atom. The molecule has 1 atom stereocenters. The maximum atomic E-state index is 12.4. The maximum Gasteiger partial charge on any atom is 0.408 e. The molecule has 0 aliphatic rings. The zero-order valence-corrected chi connectivity index (χ0v) is 21.2. The number of benzene rings is 3. The Morgan fingerprint density at radius 2 is 1.53 bits per heavy atom. The summed E-state index contributed by atoms with van der Waals surface area (Å²) in [7, 11) is 1.21. The second-order valence-corrected chi connectivity index (χ2v) is 8.50. The lowest BCUT2D eigenvalue weighted by atomic mass is 10.1. The summed E-state index contributed by atoms with van der Waals surface area (Å²) >= 11 is 0. The number of hydrogen-bond acceptors (Lipinski definition) is 7. The van der Waals surface area contributed by atoms with E-state index in [-0.39, 0.29) is 31.1 Å². The van der Waals surface area contributed by atoms with Crippen LogP contribution >= 0.6 is 0 Å². The molecular weight excluding hydrogens is 488 g/mol. The van der Waals surface area contributed by atoms with Gasteiger partial charge in [-0.25, -0.2) is 9.59 Å². The highest BCUT2D eigenvalue weighted by Crippen LogP contribution is 2.27. The monoisotopic (exact) mass is 520 g/mol. The van der Waals surface area contributed by atoms with Gasteiger partial charge in [-0.2, -0.15) is 0 Å². The first-order valence-corrected chi connectivity index (χ1v) is 12.2. The zero-order valence-electron chi connectivity index (χ0n) is 21.2. The van der Waals surface area contributed by atoms with Gasteiger partial charge in [-0.05, 0) is 41.7 Å². The minimum atomic E-state index is -1.02. The fourth-order valence-electron chi connectivity index (χ4n) is 3.57. The predicted octanol–water partition coefficient (Wildman–Crippen LogP) is 3.88. The molecule has 9 nitrogen and oxygen atoms in total. The number of alkyl carbamates (subject to hydrolysis) is 1. The molecule has 2 amide bonds. The quantitative estimate of drug-likeness (QED) is 0.292. The number of rotatable bonds is 13. The Bertz CT molecular complexity index is 1190. The molecule has 3 aromatic rings. The van der Waals surface area contributed by atoms with E-state index in [1.54, 1.807) is 18.2 Å². The van der Waals surface area contributed by atoms with Gasteiger partial charge in [0, 0.05) is 13.0 Å². The molecule has 0 heterocycles. The summed E-state index contributed by atoms with van der Waals surface area (Å²) in [5.74, 6) is -0.541. The molecule has 0 fully saturated rings. The lowest BCUT2D eigenvalue weighted by molar-refractivity contribution is -0.143. The molecule has 3 aromatic carbocycles. The summed E-state index contributed by atoms with van der Waals surface area (Å²) in [6, 6.07) is 22.8. The molecule has 3 rings (SSSR count). The number of amides is 2. The van der Waals surface area contributed by atoms with Gasteiger partial charge in [0.15, 0.2) is 11.5 Å². The van der Waals surface area contributed by atoms with Crippen LogP contribution in [0.3, 0.4) is 0 Å². The van der Waals surface area contributed by atoms with E-state index < -0.39 is 18.1 Å². The third kappa shape index (κ3) is 9.50. The van der Waals surface area contributed by atoms with Crippen molar-refractivity contribution < 1.29 is 33.7 Å². The molecule has 3 N–H and O–H groups in total. The van der Waals surface area contributed by atoms with E-state index >= 15 is 0 Å². The molecule has 0 aliphatic carbocycles. The average Bonchev–Trinajstić information content (AvgIpc) is 2.95. The van der Waals surface area contributed by atoms with E-state index in [2.05, 4.69) is 10.6 Å². The highest BCUT2D eigenvalue weighted by Gasteiger charge is 2.23. The van der Waals surface area contributed by atoms with Crippen molar-refractivity contribution in [1.82, 2.24) is 10.6 Å². The Labute approximate surface area is 221 Å². The van der Waals surface area contributed by atoms with Crippen molar-refractivity contribution in [3.63, 3.8) is 0 Å². The second-order valence-electron chi connectivity index (χ2n) is 8.50. The number of nitrogens with one attached hydrogen (secondary N) is 2. The van der Waals surface area contributed by atoms with Gasteiger partial charge in [0.1, 0.15) is 19.3 Å². The van der Waals surface area contributed by atoms with E-state index in [0.29, 0.717) is 25.3 Å². The molecule has 0 aromatic heterocycles. The highest BCUT2D eigenvalue weighted by atomic mass is 16.6. The lowest BCUT2D eigenvalue weighted by Crippen LogP contribution is -2.42. The first-order chi connectivity index (χ1) is 18.4. The summed E-state index contributed by atoms with van der Waals surface area (Å²) in [5.41, 5.74) is 2.66. The van der Waals surface area contributed by atoms with E-state index in [9.17, 15) is 19.5 Å². The largest absolute Gasteiger partial charge is 0.504 e. The minimum absolute atomic E-state index is 0.000251. The molecule has 0 bridgehead atoms. The van der Waals surface area contributed by atoms with Crippen LogP contribution < -0.4 is 15.4 Å². The van der Waals surface area contributed by atoms with Crippen molar-refractivity contribution in [2.24, 2.45) is 0 Å². The van der Waals surface area contributed by atoms with Crippen LogP contribution in [-0.2, 0) is 38.7 Å². The van der Waals surface area contributed by atoms with Crippen molar-refractivity contribution in [2.75, 3.05) is 13.7 Å². The molecule has 9 heteroatoms. The molecule has 0 spiro atoms. The fourth-order valence-corrected chi connectivity index (χ4v) is 3.57. The number of carbonyl (C=O) groups excluding carboxylic acids is 3. The summed E-state index contributed by atoms with van der Waals surface area (Å²) in [5, 5.41) is 15.4. The van der Waals surface area contributed by atoms with Crippen LogP contribution in [0.15, 0.2) is 78.9 Å². The number of ether oxygens (including phenoxy) is 3. The summed E-state index contributed by atoms with van der Waals surface area (Å²) in [6.45, 7) is 0.721. The van der Waals surface area contributed by atoms with Gasteiger partial charge in [-0.1, -0.05) is 66.7 Å². The normalized spacial score (nSPS) is 11.2. The van der Waals surface area contributed by atoms with Crippen LogP contribution in [0.4, 0.5) is 4.79 Å². The minimum Gasteiger partial charge on any atom is -0.504 e. The second kappa shape index (κ2) is 14.9. The summed E-state index contributed by atoms with van der Waals surface area (Å²) in [6.07, 6.45) is -0.213. The van der Waals surface area contributed by atoms with Crippen LogP contribution in [0.25, 0.3) is 0 Å². The van der Waals surface area contributed by atoms with Crippen LogP contribution in [0, 0.1) is 0 Å². The Morgan fingerprint density at radius 3 is 2.18 bits per heavy atom. The van der Waals surface area contributed by atoms with Crippen LogP contribution in [0.5, 0.6) is 11.5 Å². The fraction of sp³-hybridized carbons (Fsp3) is 0.276. The third-order valence-corrected chi connectivity index (χ3v) is 5.65. The highest BCUT2D eigenvalue weighted by molar-refractivity contribution is 5.82. The molecular formula is C29H32N2O7. The van der Waals surface area contributed by atoms with Crippen molar-refractivity contribution in [1.29, 1.82) is 0 Å². The SMILES string of the molecule is COC(=O)[C@H](CCC(=O)NCCc1ccc(O)c(OCc2ccccc2)c1)NC(=O)OCc1ccccc1. The van der Waals surface area contributed by atoms with Gasteiger partial charge in [0.2, 0.25) is 5.91 Å². The smallest absolute Gasteiger partial charge is 0.408 e. The van der Waals surface area contributed by atoms with Gasteiger partial charge >= 0.3 is 12.1 Å². The number of phenolic OH excluding ortho intramolecular Hbond substituents is 1. The van der Waals surface area contributed by atoms with Crippen LogP contribution in [0.2, 0.25) is 0 Å². The molecule has 38 heavy (non-hydrogen) atoms. The first-order valence-electron chi connectivity index (χ1n) is 12.2. The summed E-state index contributed by atoms with van der Waals surface area (Å²) in [4.78, 5) is 36.6. The Balaban J connectivity index is 1.41. The molecule has 0 aliphatic heterocycles. The first kappa shape index (κ1) is 28.0. The molecule has 0 unspecified atom stereocenters. The van der Waals surface area contributed by atoms with Crippen molar-refractivity contribution >= 4 is 18.0 Å². The van der Waals surface area contributed by atoms with E-state index in [1.807, 2.05) is 60.7 Å². The van der Waals surface area contributed by atoms with Gasteiger partial charge in [0.05, 0.1) is 7.11 Å². The van der Waals surface area contributed by atoms with E-state index in [1.165, 1.54) is 7.11 Å². The number of hydrogen-bond donors (Lipinski definition) is 3. The van der Waals surface area contributed by atoms with Crippen molar-refractivity contribution in [2.45, 2.75) is 38.5 Å². The molecule has 0 saturated heterocycles. The molecule has 0 saturated carbocycles. The van der Waals surface area contributed by atoms with E-state index in [4.69, 9.17) is 14.2 Å². The number of aromatic hydroxyl groups is 1. The molecule has 0 radical (unpaired) electrons. The van der Waals surface area contributed by atoms with Gasteiger partial charge in [-0.3, -0.25) is 4.79 Å². The Kier molecular flexibility index (Phi) is 11.0. The number of carbonyl (C=O) groups is 3. The van der Waals surface area contributed by atoms with Crippen molar-refractivity contribution in [3.8, 4) is 11.5 Å². The predicted molar refractivity (Wildman–Crippen MR) is 140 cm³/mol. The molecule has 200 valence electrons. The lowest BCUT2D eigenvalue weighted by Gasteiger charge is -2.16.